The van der Waals surface area contributed by atoms with Gasteiger partial charge < -0.3 is 13.7 Å². The zero-order chi connectivity index (χ0) is 33.4. The lowest BCUT2D eigenvalue weighted by molar-refractivity contribution is 0.617. The molecule has 0 N–H and O–H groups in total. The van der Waals surface area contributed by atoms with Crippen LogP contribution in [-0.4, -0.2) is 4.98 Å². The molecular formula is C46H32N2O2. The fourth-order valence-corrected chi connectivity index (χ4v) is 7.76. The highest BCUT2D eigenvalue weighted by molar-refractivity contribution is 6.10. The summed E-state index contributed by atoms with van der Waals surface area (Å²) in [5, 5.41) is 2.08. The molecule has 0 aliphatic heterocycles. The van der Waals surface area contributed by atoms with Crippen LogP contribution < -0.4 is 4.90 Å². The van der Waals surface area contributed by atoms with Crippen LogP contribution in [0.5, 0.6) is 0 Å². The maximum absolute atomic E-state index is 6.29. The minimum Gasteiger partial charge on any atom is -0.456 e. The Kier molecular flexibility index (Phi) is 6.19. The third-order valence-corrected chi connectivity index (χ3v) is 10.3. The number of anilines is 3. The van der Waals surface area contributed by atoms with Gasteiger partial charge in [0.15, 0.2) is 5.58 Å². The molecule has 1 aliphatic carbocycles. The van der Waals surface area contributed by atoms with Gasteiger partial charge in [-0.3, -0.25) is 0 Å². The fraction of sp³-hybridized carbons (Fsp3) is 0.0652. The van der Waals surface area contributed by atoms with Crippen molar-refractivity contribution in [3.8, 4) is 33.7 Å². The summed E-state index contributed by atoms with van der Waals surface area (Å²) < 4.78 is 12.4. The standard InChI is InChI=1S/C46H32N2O2/c1-46(2)39-16-10-9-15-35(39)36-26-34(22-23-40(36)46)48(32-13-7-4-8-14-32)33-20-17-29(18-21-33)31-19-24-42-37(25-31)38-27-41-44(28-43(38)49-42)50-45(47-41)30-11-5-3-6-12-30/h3-28H,1-2H3. The molecule has 0 radical (unpaired) electrons. The minimum atomic E-state index is -0.0305. The molecule has 2 heterocycles. The van der Waals surface area contributed by atoms with Crippen molar-refractivity contribution in [2.45, 2.75) is 19.3 Å². The van der Waals surface area contributed by atoms with Crippen LogP contribution in [0.3, 0.4) is 0 Å². The van der Waals surface area contributed by atoms with Crippen LogP contribution in [0.15, 0.2) is 167 Å². The Morgan fingerprint density at radius 3 is 1.94 bits per heavy atom. The maximum Gasteiger partial charge on any atom is 0.227 e. The first-order chi connectivity index (χ1) is 24.5. The highest BCUT2D eigenvalue weighted by Crippen LogP contribution is 2.50. The molecule has 9 aromatic rings. The van der Waals surface area contributed by atoms with E-state index in [1.54, 1.807) is 0 Å². The predicted molar refractivity (Wildman–Crippen MR) is 204 cm³/mol. The maximum atomic E-state index is 6.29. The second kappa shape index (κ2) is 10.8. The molecule has 0 spiro atoms. The Balaban J connectivity index is 1.03. The molecule has 10 rings (SSSR count). The van der Waals surface area contributed by atoms with Gasteiger partial charge in [-0.1, -0.05) is 98.8 Å². The van der Waals surface area contributed by atoms with Gasteiger partial charge in [-0.2, -0.15) is 0 Å². The van der Waals surface area contributed by atoms with E-state index in [1.807, 2.05) is 36.4 Å². The molecule has 7 aromatic carbocycles. The number of rotatable bonds is 5. The Hall–Kier alpha value is -6.39. The molecule has 4 heteroatoms. The van der Waals surface area contributed by atoms with Gasteiger partial charge in [-0.15, -0.1) is 0 Å². The van der Waals surface area contributed by atoms with Crippen LogP contribution in [0, 0.1) is 0 Å². The van der Waals surface area contributed by atoms with Crippen molar-refractivity contribution >= 4 is 50.1 Å². The number of oxazole rings is 1. The molecule has 0 bridgehead atoms. The lowest BCUT2D eigenvalue weighted by Gasteiger charge is -2.27. The van der Waals surface area contributed by atoms with Gasteiger partial charge in [0.1, 0.15) is 16.7 Å². The number of para-hydroxylation sites is 1. The quantitative estimate of drug-likeness (QED) is 0.187. The van der Waals surface area contributed by atoms with E-state index in [-0.39, 0.29) is 5.41 Å². The van der Waals surface area contributed by atoms with Crippen LogP contribution in [-0.2, 0) is 5.41 Å². The summed E-state index contributed by atoms with van der Waals surface area (Å²) in [5.41, 5.74) is 15.1. The Bertz CT molecular complexity index is 2720. The van der Waals surface area contributed by atoms with Gasteiger partial charge in [0, 0.05) is 44.9 Å². The predicted octanol–water partition coefficient (Wildman–Crippen LogP) is 12.8. The van der Waals surface area contributed by atoms with Crippen molar-refractivity contribution in [3.63, 3.8) is 0 Å². The van der Waals surface area contributed by atoms with Crippen molar-refractivity contribution in [1.29, 1.82) is 0 Å². The van der Waals surface area contributed by atoms with Crippen molar-refractivity contribution < 1.29 is 8.83 Å². The monoisotopic (exact) mass is 644 g/mol. The minimum absolute atomic E-state index is 0.0305. The van der Waals surface area contributed by atoms with E-state index in [9.17, 15) is 0 Å². The molecule has 238 valence electrons. The van der Waals surface area contributed by atoms with E-state index in [4.69, 9.17) is 13.8 Å². The summed E-state index contributed by atoms with van der Waals surface area (Å²) in [6, 6.07) is 55.6. The highest BCUT2D eigenvalue weighted by atomic mass is 16.4. The van der Waals surface area contributed by atoms with E-state index in [0.29, 0.717) is 11.5 Å². The first kappa shape index (κ1) is 28.6. The van der Waals surface area contributed by atoms with Crippen LogP contribution in [0.4, 0.5) is 17.1 Å². The molecule has 0 amide bonds. The largest absolute Gasteiger partial charge is 0.456 e. The number of benzene rings is 7. The second-order valence-electron chi connectivity index (χ2n) is 13.6. The van der Waals surface area contributed by atoms with Crippen molar-refractivity contribution in [2.24, 2.45) is 0 Å². The van der Waals surface area contributed by atoms with E-state index >= 15 is 0 Å². The molecule has 0 unspecified atom stereocenters. The lowest BCUT2D eigenvalue weighted by Crippen LogP contribution is -2.15. The van der Waals surface area contributed by atoms with Gasteiger partial charge in [0.05, 0.1) is 0 Å². The fourth-order valence-electron chi connectivity index (χ4n) is 7.76. The molecule has 1 aliphatic rings. The van der Waals surface area contributed by atoms with Gasteiger partial charge in [0.2, 0.25) is 5.89 Å². The van der Waals surface area contributed by atoms with Gasteiger partial charge in [-0.05, 0) is 100 Å². The average Bonchev–Trinajstić information content (AvgIpc) is 3.81. The Labute approximate surface area is 289 Å². The van der Waals surface area contributed by atoms with Crippen LogP contribution in [0.25, 0.3) is 66.7 Å². The van der Waals surface area contributed by atoms with Crippen molar-refractivity contribution in [1.82, 2.24) is 4.98 Å². The third kappa shape index (κ3) is 4.42. The smallest absolute Gasteiger partial charge is 0.227 e. The topological polar surface area (TPSA) is 42.4 Å². The van der Waals surface area contributed by atoms with Crippen molar-refractivity contribution in [2.75, 3.05) is 4.90 Å². The molecular weight excluding hydrogens is 613 g/mol. The van der Waals surface area contributed by atoms with Gasteiger partial charge >= 0.3 is 0 Å². The number of hydrogen-bond donors (Lipinski definition) is 0. The first-order valence-corrected chi connectivity index (χ1v) is 17.0. The number of aromatic nitrogens is 1. The lowest BCUT2D eigenvalue weighted by atomic mass is 9.82. The van der Waals surface area contributed by atoms with Crippen LogP contribution >= 0.6 is 0 Å². The van der Waals surface area contributed by atoms with E-state index < -0.39 is 0 Å². The summed E-state index contributed by atoms with van der Waals surface area (Å²) in [6.45, 7) is 4.65. The number of fused-ring (bicyclic) bond motifs is 7. The third-order valence-electron chi connectivity index (χ3n) is 10.3. The normalized spacial score (nSPS) is 13.2. The van der Waals surface area contributed by atoms with E-state index in [2.05, 4.69) is 140 Å². The zero-order valence-electron chi connectivity index (χ0n) is 27.7. The molecule has 0 atom stereocenters. The van der Waals surface area contributed by atoms with Crippen molar-refractivity contribution in [3.05, 3.63) is 169 Å². The molecule has 4 nitrogen and oxygen atoms in total. The summed E-state index contributed by atoms with van der Waals surface area (Å²) in [7, 11) is 0. The number of hydrogen-bond acceptors (Lipinski definition) is 4. The first-order valence-electron chi connectivity index (χ1n) is 17.0. The van der Waals surface area contributed by atoms with E-state index in [1.165, 1.54) is 22.3 Å². The van der Waals surface area contributed by atoms with Gasteiger partial charge in [-0.25, -0.2) is 4.98 Å². The highest BCUT2D eigenvalue weighted by Gasteiger charge is 2.35. The molecule has 2 aromatic heterocycles. The summed E-state index contributed by atoms with van der Waals surface area (Å²) in [4.78, 5) is 7.15. The summed E-state index contributed by atoms with van der Waals surface area (Å²) in [6.07, 6.45) is 0. The summed E-state index contributed by atoms with van der Waals surface area (Å²) in [5.74, 6) is 0.608. The van der Waals surface area contributed by atoms with Gasteiger partial charge in [0.25, 0.3) is 0 Å². The SMILES string of the molecule is CC1(C)c2ccccc2-c2cc(N(c3ccccc3)c3ccc(-c4ccc5oc6cc7oc(-c8ccccc8)nc7cc6c5c4)cc3)ccc21. The number of furan rings is 1. The number of nitrogens with zero attached hydrogens (tertiary/aromatic N) is 2. The van der Waals surface area contributed by atoms with E-state index in [0.717, 1.165) is 61.2 Å². The zero-order valence-corrected chi connectivity index (χ0v) is 27.7. The average molecular weight is 645 g/mol. The Morgan fingerprint density at radius 2 is 1.12 bits per heavy atom. The molecule has 0 saturated carbocycles. The molecule has 0 saturated heterocycles. The molecule has 0 fully saturated rings. The van der Waals surface area contributed by atoms with Crippen LogP contribution in [0.1, 0.15) is 25.0 Å². The molecule has 50 heavy (non-hydrogen) atoms. The second-order valence-corrected chi connectivity index (χ2v) is 13.6. The van der Waals surface area contributed by atoms with Crippen LogP contribution in [0.2, 0.25) is 0 Å². The summed E-state index contributed by atoms with van der Waals surface area (Å²) >= 11 is 0. The Morgan fingerprint density at radius 1 is 0.460 bits per heavy atom.